The Morgan fingerprint density at radius 3 is 2.71 bits per heavy atom. The molecule has 0 aliphatic rings. The second-order valence-corrected chi connectivity index (χ2v) is 3.77. The summed E-state index contributed by atoms with van der Waals surface area (Å²) in [6.45, 7) is 3.96. The lowest BCUT2D eigenvalue weighted by Gasteiger charge is -2.07. The van der Waals surface area contributed by atoms with E-state index in [0.29, 0.717) is 11.4 Å². The predicted molar refractivity (Wildman–Crippen MR) is 64.5 cm³/mol. The van der Waals surface area contributed by atoms with Crippen LogP contribution in [0.5, 0.6) is 0 Å². The molecular weight excluding hydrogens is 219 g/mol. The highest BCUT2D eigenvalue weighted by molar-refractivity contribution is 5.57. The summed E-state index contributed by atoms with van der Waals surface area (Å²) in [5, 5.41) is 4.33. The minimum atomic E-state index is -0.329. The molecule has 0 fully saturated rings. The predicted octanol–water partition coefficient (Wildman–Crippen LogP) is 2.11. The number of anilines is 1. The Kier molecular flexibility index (Phi) is 3.08. The van der Waals surface area contributed by atoms with Crippen LogP contribution in [0.1, 0.15) is 25.5 Å². The average Bonchev–Trinajstić information content (AvgIpc) is 2.75. The summed E-state index contributed by atoms with van der Waals surface area (Å²) < 4.78 is 14.9. The summed E-state index contributed by atoms with van der Waals surface area (Å²) >= 11 is 0. The first-order chi connectivity index (χ1) is 8.15. The van der Waals surface area contributed by atoms with Gasteiger partial charge < -0.3 is 5.73 Å². The van der Waals surface area contributed by atoms with Crippen molar-refractivity contribution in [3.8, 4) is 5.69 Å². The van der Waals surface area contributed by atoms with Gasteiger partial charge in [0, 0.05) is 18.9 Å². The van der Waals surface area contributed by atoms with E-state index in [9.17, 15) is 4.39 Å². The highest BCUT2D eigenvalue weighted by Gasteiger charge is 2.12. The molecule has 0 bridgehead atoms. The lowest BCUT2D eigenvalue weighted by molar-refractivity contribution is 0.625. The number of nitrogen functional groups attached to an aromatic ring is 1. The van der Waals surface area contributed by atoms with Crippen LogP contribution in [0.15, 0.2) is 18.2 Å². The zero-order valence-electron chi connectivity index (χ0n) is 9.94. The maximum atomic E-state index is 13.2. The van der Waals surface area contributed by atoms with E-state index in [1.54, 1.807) is 4.68 Å². The Morgan fingerprint density at radius 1 is 1.29 bits per heavy atom. The quantitative estimate of drug-likeness (QED) is 0.827. The molecule has 0 amide bonds. The van der Waals surface area contributed by atoms with Crippen LogP contribution in [0, 0.1) is 5.82 Å². The van der Waals surface area contributed by atoms with Crippen LogP contribution in [0.2, 0.25) is 0 Å². The van der Waals surface area contributed by atoms with Gasteiger partial charge in [0.15, 0.2) is 5.82 Å². The van der Waals surface area contributed by atoms with Crippen molar-refractivity contribution in [2.75, 3.05) is 5.73 Å². The van der Waals surface area contributed by atoms with Crippen molar-refractivity contribution >= 4 is 5.69 Å². The first-order valence-corrected chi connectivity index (χ1v) is 5.66. The van der Waals surface area contributed by atoms with E-state index in [1.165, 1.54) is 18.2 Å². The van der Waals surface area contributed by atoms with E-state index in [4.69, 9.17) is 5.73 Å². The molecule has 5 heteroatoms. The molecule has 4 nitrogen and oxygen atoms in total. The van der Waals surface area contributed by atoms with Crippen molar-refractivity contribution in [1.29, 1.82) is 0 Å². The molecule has 0 spiro atoms. The van der Waals surface area contributed by atoms with E-state index < -0.39 is 0 Å². The fourth-order valence-corrected chi connectivity index (χ4v) is 1.66. The fourth-order valence-electron chi connectivity index (χ4n) is 1.66. The van der Waals surface area contributed by atoms with Crippen LogP contribution in [0.4, 0.5) is 10.1 Å². The normalized spacial score (nSPS) is 10.8. The van der Waals surface area contributed by atoms with E-state index in [1.807, 2.05) is 13.8 Å². The van der Waals surface area contributed by atoms with Crippen LogP contribution in [-0.4, -0.2) is 14.8 Å². The molecular formula is C12H15FN4. The van der Waals surface area contributed by atoms with Crippen LogP contribution in [-0.2, 0) is 12.8 Å². The van der Waals surface area contributed by atoms with Crippen molar-refractivity contribution in [3.63, 3.8) is 0 Å². The number of aromatic nitrogens is 3. The number of nitrogens with zero attached hydrogens (tertiary/aromatic N) is 3. The van der Waals surface area contributed by atoms with Gasteiger partial charge in [0.2, 0.25) is 0 Å². The highest BCUT2D eigenvalue weighted by atomic mass is 19.1. The SMILES string of the molecule is CCc1nc(CC)n(-c2cc(F)ccc2N)n1. The van der Waals surface area contributed by atoms with Gasteiger partial charge in [-0.3, -0.25) is 0 Å². The van der Waals surface area contributed by atoms with Gasteiger partial charge in [0.25, 0.3) is 0 Å². The highest BCUT2D eigenvalue weighted by Crippen LogP contribution is 2.19. The average molecular weight is 234 g/mol. The van der Waals surface area contributed by atoms with Gasteiger partial charge in [-0.2, -0.15) is 5.10 Å². The van der Waals surface area contributed by atoms with Gasteiger partial charge in [-0.05, 0) is 12.1 Å². The molecule has 0 saturated heterocycles. The van der Waals surface area contributed by atoms with Crippen LogP contribution in [0.3, 0.4) is 0 Å². The molecule has 17 heavy (non-hydrogen) atoms. The number of halogens is 1. The van der Waals surface area contributed by atoms with E-state index >= 15 is 0 Å². The first-order valence-electron chi connectivity index (χ1n) is 5.66. The summed E-state index contributed by atoms with van der Waals surface area (Å²) in [6, 6.07) is 4.25. The largest absolute Gasteiger partial charge is 0.397 e. The maximum Gasteiger partial charge on any atom is 0.151 e. The van der Waals surface area contributed by atoms with Gasteiger partial charge in [-0.15, -0.1) is 0 Å². The van der Waals surface area contributed by atoms with Crippen LogP contribution in [0.25, 0.3) is 5.69 Å². The second-order valence-electron chi connectivity index (χ2n) is 3.77. The Labute approximate surface area is 99.3 Å². The summed E-state index contributed by atoms with van der Waals surface area (Å²) in [4.78, 5) is 4.37. The van der Waals surface area contributed by atoms with Gasteiger partial charge in [0.05, 0.1) is 11.4 Å². The summed E-state index contributed by atoms with van der Waals surface area (Å²) in [7, 11) is 0. The van der Waals surface area contributed by atoms with Crippen LogP contribution >= 0.6 is 0 Å². The lowest BCUT2D eigenvalue weighted by Crippen LogP contribution is -2.06. The number of rotatable bonds is 3. The molecule has 1 heterocycles. The smallest absolute Gasteiger partial charge is 0.151 e. The third-order valence-electron chi connectivity index (χ3n) is 2.57. The molecule has 0 aliphatic heterocycles. The molecule has 2 rings (SSSR count). The van der Waals surface area contributed by atoms with Crippen molar-refractivity contribution in [1.82, 2.24) is 14.8 Å². The number of hydrogen-bond acceptors (Lipinski definition) is 3. The number of benzene rings is 1. The molecule has 1 aromatic carbocycles. The van der Waals surface area contributed by atoms with E-state index in [-0.39, 0.29) is 5.82 Å². The van der Waals surface area contributed by atoms with Crippen LogP contribution < -0.4 is 5.73 Å². The van der Waals surface area contributed by atoms with Crippen molar-refractivity contribution in [2.24, 2.45) is 0 Å². The Morgan fingerprint density at radius 2 is 2.06 bits per heavy atom. The van der Waals surface area contributed by atoms with Crippen molar-refractivity contribution in [3.05, 3.63) is 35.7 Å². The monoisotopic (exact) mass is 234 g/mol. The zero-order valence-corrected chi connectivity index (χ0v) is 9.94. The summed E-state index contributed by atoms with van der Waals surface area (Å²) in [6.07, 6.45) is 1.47. The topological polar surface area (TPSA) is 56.7 Å². The molecule has 90 valence electrons. The zero-order chi connectivity index (χ0) is 12.4. The Hall–Kier alpha value is -1.91. The molecule has 2 N–H and O–H groups in total. The van der Waals surface area contributed by atoms with Crippen molar-refractivity contribution in [2.45, 2.75) is 26.7 Å². The lowest BCUT2D eigenvalue weighted by atomic mass is 10.2. The summed E-state index contributed by atoms with van der Waals surface area (Å²) in [5.74, 6) is 1.20. The molecule has 1 aromatic heterocycles. The summed E-state index contributed by atoms with van der Waals surface area (Å²) in [5.41, 5.74) is 6.88. The van der Waals surface area contributed by atoms with Gasteiger partial charge >= 0.3 is 0 Å². The molecule has 0 atom stereocenters. The van der Waals surface area contributed by atoms with Gasteiger partial charge in [-0.25, -0.2) is 14.1 Å². The number of aryl methyl sites for hydroxylation is 2. The molecule has 0 unspecified atom stereocenters. The van der Waals surface area contributed by atoms with E-state index in [2.05, 4.69) is 10.1 Å². The minimum absolute atomic E-state index is 0.329. The van der Waals surface area contributed by atoms with Gasteiger partial charge in [-0.1, -0.05) is 13.8 Å². The van der Waals surface area contributed by atoms with E-state index in [0.717, 1.165) is 24.5 Å². The Balaban J connectivity index is 2.58. The number of nitrogens with two attached hydrogens (primary N) is 1. The standard InChI is InChI=1S/C12H15FN4/c1-3-11-15-12(4-2)17(16-11)10-7-8(13)5-6-9(10)14/h5-7H,3-4,14H2,1-2H3. The third-order valence-corrected chi connectivity index (χ3v) is 2.57. The second kappa shape index (κ2) is 4.53. The molecule has 0 saturated carbocycles. The van der Waals surface area contributed by atoms with Gasteiger partial charge in [0.1, 0.15) is 11.6 Å². The Bertz CT molecular complexity index is 533. The first kappa shape index (κ1) is 11.6. The van der Waals surface area contributed by atoms with Crippen molar-refractivity contribution < 1.29 is 4.39 Å². The molecule has 2 aromatic rings. The maximum absolute atomic E-state index is 13.2. The third kappa shape index (κ3) is 2.13. The molecule has 0 radical (unpaired) electrons. The molecule has 0 aliphatic carbocycles. The fraction of sp³-hybridized carbons (Fsp3) is 0.333. The number of hydrogen-bond donors (Lipinski definition) is 1. The minimum Gasteiger partial charge on any atom is -0.397 e.